The summed E-state index contributed by atoms with van der Waals surface area (Å²) < 4.78 is 4.65. The molecule has 1 aromatic heterocycles. The van der Waals surface area contributed by atoms with Gasteiger partial charge in [0.15, 0.2) is 11.5 Å². The lowest BCUT2D eigenvalue weighted by Gasteiger charge is -2.02. The van der Waals surface area contributed by atoms with E-state index in [0.29, 0.717) is 5.82 Å². The SMILES string of the molecule is C=COC(=O)c1ccnc(-c2ccccc2)n1. The van der Waals surface area contributed by atoms with Gasteiger partial charge in [0.05, 0.1) is 6.26 Å². The molecule has 4 heteroatoms. The predicted octanol–water partition coefficient (Wildman–Crippen LogP) is 2.44. The van der Waals surface area contributed by atoms with Crippen LogP contribution in [-0.2, 0) is 4.74 Å². The lowest BCUT2D eigenvalue weighted by molar-refractivity contribution is 0.0657. The number of rotatable bonds is 3. The van der Waals surface area contributed by atoms with Gasteiger partial charge in [0.25, 0.3) is 0 Å². The Morgan fingerprint density at radius 2 is 2.00 bits per heavy atom. The number of aromatic nitrogens is 2. The van der Waals surface area contributed by atoms with Crippen molar-refractivity contribution in [1.82, 2.24) is 9.97 Å². The Balaban J connectivity index is 2.35. The maximum absolute atomic E-state index is 11.4. The standard InChI is InChI=1S/C13H10N2O2/c1-2-17-13(16)11-8-9-14-12(15-11)10-6-4-3-5-7-10/h2-9H,1H2. The average molecular weight is 226 g/mol. The lowest BCUT2D eigenvalue weighted by Crippen LogP contribution is -2.05. The monoisotopic (exact) mass is 226 g/mol. The van der Waals surface area contributed by atoms with E-state index in [4.69, 9.17) is 0 Å². The van der Waals surface area contributed by atoms with Crippen LogP contribution in [0, 0.1) is 0 Å². The van der Waals surface area contributed by atoms with Gasteiger partial charge in [-0.15, -0.1) is 0 Å². The molecule has 0 spiro atoms. The number of carbonyl (C=O) groups is 1. The van der Waals surface area contributed by atoms with E-state index in [2.05, 4.69) is 21.3 Å². The second-order valence-electron chi connectivity index (χ2n) is 3.20. The quantitative estimate of drug-likeness (QED) is 0.595. The minimum Gasteiger partial charge on any atom is -0.430 e. The van der Waals surface area contributed by atoms with E-state index in [9.17, 15) is 4.79 Å². The second-order valence-corrected chi connectivity index (χ2v) is 3.20. The molecule has 0 amide bonds. The van der Waals surface area contributed by atoms with Crippen molar-refractivity contribution in [3.63, 3.8) is 0 Å². The van der Waals surface area contributed by atoms with Crippen LogP contribution in [0.1, 0.15) is 10.5 Å². The highest BCUT2D eigenvalue weighted by molar-refractivity contribution is 5.88. The molecule has 0 bridgehead atoms. The maximum Gasteiger partial charge on any atom is 0.361 e. The highest BCUT2D eigenvalue weighted by Crippen LogP contribution is 2.13. The van der Waals surface area contributed by atoms with Gasteiger partial charge in [0.2, 0.25) is 0 Å². The summed E-state index contributed by atoms with van der Waals surface area (Å²) >= 11 is 0. The van der Waals surface area contributed by atoms with Crippen molar-refractivity contribution >= 4 is 5.97 Å². The molecule has 0 radical (unpaired) electrons. The van der Waals surface area contributed by atoms with Gasteiger partial charge in [-0.25, -0.2) is 14.8 Å². The summed E-state index contributed by atoms with van der Waals surface area (Å²) in [5.41, 5.74) is 1.06. The number of hydrogen-bond acceptors (Lipinski definition) is 4. The van der Waals surface area contributed by atoms with E-state index in [1.807, 2.05) is 30.3 Å². The Labute approximate surface area is 98.6 Å². The minimum absolute atomic E-state index is 0.207. The molecule has 0 saturated carbocycles. The first-order chi connectivity index (χ1) is 8.31. The highest BCUT2D eigenvalue weighted by atomic mass is 16.5. The van der Waals surface area contributed by atoms with Gasteiger partial charge in [0.1, 0.15) is 0 Å². The summed E-state index contributed by atoms with van der Waals surface area (Å²) in [6.07, 6.45) is 2.60. The molecule has 2 aromatic rings. The van der Waals surface area contributed by atoms with Crippen molar-refractivity contribution in [3.8, 4) is 11.4 Å². The number of benzene rings is 1. The molecule has 0 saturated heterocycles. The molecular formula is C13H10N2O2. The van der Waals surface area contributed by atoms with Crippen LogP contribution in [0.4, 0.5) is 0 Å². The zero-order valence-corrected chi connectivity index (χ0v) is 9.04. The van der Waals surface area contributed by atoms with Crippen LogP contribution in [0.25, 0.3) is 11.4 Å². The molecule has 0 unspecified atom stereocenters. The van der Waals surface area contributed by atoms with Gasteiger partial charge < -0.3 is 4.74 Å². The van der Waals surface area contributed by atoms with Gasteiger partial charge in [-0.1, -0.05) is 36.9 Å². The smallest absolute Gasteiger partial charge is 0.361 e. The zero-order valence-electron chi connectivity index (χ0n) is 9.04. The third-order valence-electron chi connectivity index (χ3n) is 2.09. The number of hydrogen-bond donors (Lipinski definition) is 0. The van der Waals surface area contributed by atoms with Crippen LogP contribution in [0.3, 0.4) is 0 Å². The van der Waals surface area contributed by atoms with E-state index in [-0.39, 0.29) is 5.69 Å². The zero-order chi connectivity index (χ0) is 12.1. The molecule has 84 valence electrons. The van der Waals surface area contributed by atoms with Crippen molar-refractivity contribution in [2.45, 2.75) is 0 Å². The molecule has 2 rings (SSSR count). The molecule has 0 aliphatic heterocycles. The van der Waals surface area contributed by atoms with Crippen molar-refractivity contribution in [1.29, 1.82) is 0 Å². The Morgan fingerprint density at radius 1 is 1.24 bits per heavy atom. The van der Waals surface area contributed by atoms with E-state index >= 15 is 0 Å². The van der Waals surface area contributed by atoms with E-state index in [1.165, 1.54) is 12.3 Å². The van der Waals surface area contributed by atoms with Gasteiger partial charge in [-0.05, 0) is 6.07 Å². The number of nitrogens with zero attached hydrogens (tertiary/aromatic N) is 2. The minimum atomic E-state index is -0.542. The van der Waals surface area contributed by atoms with E-state index in [1.54, 1.807) is 0 Å². The first kappa shape index (κ1) is 11.0. The van der Waals surface area contributed by atoms with Crippen molar-refractivity contribution < 1.29 is 9.53 Å². The van der Waals surface area contributed by atoms with Gasteiger partial charge in [0, 0.05) is 11.8 Å². The highest BCUT2D eigenvalue weighted by Gasteiger charge is 2.09. The van der Waals surface area contributed by atoms with Crippen LogP contribution in [0.5, 0.6) is 0 Å². The van der Waals surface area contributed by atoms with Crippen molar-refractivity contribution in [2.24, 2.45) is 0 Å². The summed E-state index contributed by atoms with van der Waals surface area (Å²) in [6, 6.07) is 10.9. The lowest BCUT2D eigenvalue weighted by atomic mass is 10.2. The van der Waals surface area contributed by atoms with Crippen LogP contribution in [0.15, 0.2) is 55.4 Å². The van der Waals surface area contributed by atoms with Gasteiger partial charge in [-0.2, -0.15) is 0 Å². The largest absolute Gasteiger partial charge is 0.430 e. The van der Waals surface area contributed by atoms with Gasteiger partial charge in [-0.3, -0.25) is 0 Å². The molecule has 1 aromatic carbocycles. The van der Waals surface area contributed by atoms with Crippen LogP contribution in [-0.4, -0.2) is 15.9 Å². The Kier molecular flexibility index (Phi) is 3.25. The summed E-state index contributed by atoms with van der Waals surface area (Å²) in [5.74, 6) is -0.0521. The molecule has 17 heavy (non-hydrogen) atoms. The predicted molar refractivity (Wildman–Crippen MR) is 63.1 cm³/mol. The molecular weight excluding hydrogens is 216 g/mol. The topological polar surface area (TPSA) is 52.1 Å². The molecule has 0 aliphatic rings. The third-order valence-corrected chi connectivity index (χ3v) is 2.09. The molecule has 0 atom stereocenters. The second kappa shape index (κ2) is 5.03. The van der Waals surface area contributed by atoms with Gasteiger partial charge >= 0.3 is 5.97 Å². The number of esters is 1. The molecule has 1 heterocycles. The van der Waals surface area contributed by atoms with Crippen LogP contribution >= 0.6 is 0 Å². The molecule has 0 fully saturated rings. The Hall–Kier alpha value is -2.49. The average Bonchev–Trinajstić information content (AvgIpc) is 2.40. The fourth-order valence-corrected chi connectivity index (χ4v) is 1.33. The normalized spacial score (nSPS) is 9.65. The third kappa shape index (κ3) is 2.55. The molecule has 0 aliphatic carbocycles. The number of ether oxygens (including phenoxy) is 1. The molecule has 4 nitrogen and oxygen atoms in total. The van der Waals surface area contributed by atoms with Crippen LogP contribution < -0.4 is 0 Å². The maximum atomic E-state index is 11.4. The summed E-state index contributed by atoms with van der Waals surface area (Å²) in [4.78, 5) is 19.7. The molecule has 0 N–H and O–H groups in total. The van der Waals surface area contributed by atoms with Crippen molar-refractivity contribution in [2.75, 3.05) is 0 Å². The van der Waals surface area contributed by atoms with E-state index in [0.717, 1.165) is 11.8 Å². The van der Waals surface area contributed by atoms with Crippen molar-refractivity contribution in [3.05, 3.63) is 61.1 Å². The summed E-state index contributed by atoms with van der Waals surface area (Å²) in [7, 11) is 0. The Morgan fingerprint density at radius 3 is 2.71 bits per heavy atom. The fraction of sp³-hybridized carbons (Fsp3) is 0. The first-order valence-electron chi connectivity index (χ1n) is 5.01. The van der Waals surface area contributed by atoms with E-state index < -0.39 is 5.97 Å². The fourth-order valence-electron chi connectivity index (χ4n) is 1.33. The summed E-state index contributed by atoms with van der Waals surface area (Å²) in [5, 5.41) is 0. The first-order valence-corrected chi connectivity index (χ1v) is 5.01. The number of carbonyl (C=O) groups excluding carboxylic acids is 1. The Bertz CT molecular complexity index is 538. The summed E-state index contributed by atoms with van der Waals surface area (Å²) in [6.45, 7) is 3.32. The van der Waals surface area contributed by atoms with Crippen LogP contribution in [0.2, 0.25) is 0 Å².